The molecule has 0 aliphatic carbocycles. The van der Waals surface area contributed by atoms with Gasteiger partial charge < -0.3 is 9.47 Å². The molecule has 1 aromatic carbocycles. The Morgan fingerprint density at radius 2 is 1.96 bits per heavy atom. The fraction of sp³-hybridized carbons (Fsp3) is 0.333. The molecule has 1 unspecified atom stereocenters. The largest absolute Gasteiger partial charge is 0.491 e. The van der Waals surface area contributed by atoms with E-state index in [-0.39, 0.29) is 11.5 Å². The van der Waals surface area contributed by atoms with Crippen molar-refractivity contribution in [2.75, 3.05) is 13.2 Å². The molecule has 1 aliphatic rings. The number of halogens is 1. The number of hydrogen-bond donors (Lipinski definition) is 1. The highest BCUT2D eigenvalue weighted by Crippen LogP contribution is 2.29. The molecule has 144 valence electrons. The first kappa shape index (κ1) is 19.4. The van der Waals surface area contributed by atoms with Crippen LogP contribution in [-0.4, -0.2) is 37.7 Å². The smallest absolute Gasteiger partial charge is 0.233 e. The molecule has 0 radical (unpaired) electrons. The van der Waals surface area contributed by atoms with Crippen molar-refractivity contribution in [1.29, 1.82) is 0 Å². The fourth-order valence-electron chi connectivity index (χ4n) is 2.92. The molecule has 1 fully saturated rings. The van der Waals surface area contributed by atoms with Gasteiger partial charge in [-0.15, -0.1) is 0 Å². The second kappa shape index (κ2) is 8.12. The summed E-state index contributed by atoms with van der Waals surface area (Å²) < 4.78 is 47.5. The van der Waals surface area contributed by atoms with Crippen LogP contribution in [0.1, 0.15) is 12.8 Å². The summed E-state index contributed by atoms with van der Waals surface area (Å²) >= 11 is 0. The Hall–Kier alpha value is -2.36. The van der Waals surface area contributed by atoms with Crippen molar-refractivity contribution in [3.05, 3.63) is 54.0 Å². The Morgan fingerprint density at radius 3 is 2.59 bits per heavy atom. The molecule has 1 aromatic heterocycles. The average molecular weight is 393 g/mol. The Balaban J connectivity index is 1.65. The lowest BCUT2D eigenvalue weighted by Crippen LogP contribution is -2.38. The number of ether oxygens (including phenoxy) is 2. The summed E-state index contributed by atoms with van der Waals surface area (Å²) in [5, 5.41) is 5.20. The Bertz CT molecular complexity index is 901. The first-order valence-electron chi connectivity index (χ1n) is 8.38. The van der Waals surface area contributed by atoms with E-state index in [1.165, 1.54) is 0 Å². The molecule has 0 bridgehead atoms. The van der Waals surface area contributed by atoms with Crippen molar-refractivity contribution < 1.29 is 22.3 Å². The predicted octanol–water partition coefficient (Wildman–Crippen LogP) is 2.26. The van der Waals surface area contributed by atoms with Crippen LogP contribution < -0.4 is 9.88 Å². The minimum Gasteiger partial charge on any atom is -0.491 e. The highest BCUT2D eigenvalue weighted by Gasteiger charge is 2.33. The van der Waals surface area contributed by atoms with Crippen LogP contribution in [0.5, 0.6) is 5.75 Å². The molecule has 3 rings (SSSR count). The van der Waals surface area contributed by atoms with Gasteiger partial charge in [0.2, 0.25) is 10.0 Å². The summed E-state index contributed by atoms with van der Waals surface area (Å²) in [5.74, 6) is 0.0838. The molecular formula is C18H20FN3O4S. The summed E-state index contributed by atoms with van der Waals surface area (Å²) in [5.41, 5.74) is 0.719. The van der Waals surface area contributed by atoms with Crippen molar-refractivity contribution in [3.63, 3.8) is 0 Å². The number of nitrogens with two attached hydrogens (primary N) is 1. The zero-order valence-electron chi connectivity index (χ0n) is 14.5. The normalized spacial score (nSPS) is 20.2. The van der Waals surface area contributed by atoms with Crippen LogP contribution in [0.25, 0.3) is 11.4 Å². The maximum Gasteiger partial charge on any atom is 0.233 e. The van der Waals surface area contributed by atoms with E-state index in [1.807, 2.05) is 0 Å². The Labute approximate surface area is 157 Å². The number of benzene rings is 1. The third-order valence-electron chi connectivity index (χ3n) is 4.37. The average Bonchev–Trinajstić information content (AvgIpc) is 2.66. The maximum absolute atomic E-state index is 12.9. The van der Waals surface area contributed by atoms with Crippen LogP contribution in [0.2, 0.25) is 0 Å². The quantitative estimate of drug-likeness (QED) is 0.807. The summed E-state index contributed by atoms with van der Waals surface area (Å²) in [4.78, 5) is 7.82. The molecule has 27 heavy (non-hydrogen) atoms. The van der Waals surface area contributed by atoms with Gasteiger partial charge in [0.15, 0.2) is 11.6 Å². The van der Waals surface area contributed by atoms with Crippen LogP contribution in [0.3, 0.4) is 0 Å². The third-order valence-corrected chi connectivity index (χ3v) is 5.40. The first-order valence-corrected chi connectivity index (χ1v) is 9.93. The van der Waals surface area contributed by atoms with Crippen LogP contribution in [-0.2, 0) is 14.8 Å². The third kappa shape index (κ3) is 4.88. The molecular weight excluding hydrogens is 373 g/mol. The summed E-state index contributed by atoms with van der Waals surface area (Å²) in [6.45, 7) is 4.32. The first-order chi connectivity index (χ1) is 12.8. The fourth-order valence-corrected chi connectivity index (χ4v) is 3.62. The highest BCUT2D eigenvalue weighted by molar-refractivity contribution is 7.93. The van der Waals surface area contributed by atoms with E-state index in [4.69, 9.17) is 14.6 Å². The van der Waals surface area contributed by atoms with E-state index in [0.717, 1.165) is 24.4 Å². The van der Waals surface area contributed by atoms with Crippen LogP contribution >= 0.6 is 0 Å². The minimum atomic E-state index is -3.83. The lowest BCUT2D eigenvalue weighted by Gasteiger charge is -2.32. The molecule has 2 heterocycles. The molecule has 1 aliphatic heterocycles. The Kier molecular flexibility index (Phi) is 5.83. The zero-order chi connectivity index (χ0) is 19.4. The second-order valence-corrected chi connectivity index (χ2v) is 7.84. The summed E-state index contributed by atoms with van der Waals surface area (Å²) in [6, 6.07) is 6.97. The molecule has 2 N–H and O–H groups in total. The van der Waals surface area contributed by atoms with Crippen LogP contribution in [0, 0.1) is 11.7 Å². The van der Waals surface area contributed by atoms with E-state index >= 15 is 0 Å². The molecule has 0 amide bonds. The van der Waals surface area contributed by atoms with E-state index in [2.05, 4.69) is 16.5 Å². The molecule has 0 saturated carbocycles. The summed E-state index contributed by atoms with van der Waals surface area (Å²) in [7, 11) is -3.83. The van der Waals surface area contributed by atoms with Crippen molar-refractivity contribution >= 4 is 10.0 Å². The lowest BCUT2D eigenvalue weighted by molar-refractivity contribution is -0.0366. The molecule has 9 heteroatoms. The summed E-state index contributed by atoms with van der Waals surface area (Å²) in [6.07, 6.45) is 3.13. The number of rotatable bonds is 6. The van der Waals surface area contributed by atoms with Gasteiger partial charge in [-0.2, -0.15) is 0 Å². The molecule has 2 atom stereocenters. The van der Waals surface area contributed by atoms with E-state index in [1.54, 1.807) is 24.3 Å². The van der Waals surface area contributed by atoms with E-state index in [0.29, 0.717) is 24.6 Å². The van der Waals surface area contributed by atoms with Gasteiger partial charge in [0.05, 0.1) is 23.4 Å². The number of hydrogen-bond acceptors (Lipinski definition) is 6. The monoisotopic (exact) mass is 393 g/mol. The van der Waals surface area contributed by atoms with E-state index < -0.39 is 27.9 Å². The lowest BCUT2D eigenvalue weighted by atomic mass is 9.94. The van der Waals surface area contributed by atoms with Gasteiger partial charge in [-0.1, -0.05) is 6.58 Å². The van der Waals surface area contributed by atoms with Gasteiger partial charge in [-0.25, -0.2) is 27.9 Å². The van der Waals surface area contributed by atoms with Crippen molar-refractivity contribution in [3.8, 4) is 17.1 Å². The maximum atomic E-state index is 12.9. The second-order valence-electron chi connectivity index (χ2n) is 6.23. The molecule has 0 spiro atoms. The van der Waals surface area contributed by atoms with Crippen molar-refractivity contribution in [2.24, 2.45) is 11.1 Å². The van der Waals surface area contributed by atoms with E-state index in [9.17, 15) is 12.8 Å². The number of sulfonamides is 1. The number of aromatic nitrogens is 2. The minimum absolute atomic E-state index is 0.0281. The van der Waals surface area contributed by atoms with Gasteiger partial charge in [0.25, 0.3) is 0 Å². The van der Waals surface area contributed by atoms with Crippen molar-refractivity contribution in [1.82, 2.24) is 9.97 Å². The highest BCUT2D eigenvalue weighted by atomic mass is 32.2. The molecule has 7 nitrogen and oxygen atoms in total. The van der Waals surface area contributed by atoms with Gasteiger partial charge in [-0.3, -0.25) is 0 Å². The molecule has 2 aromatic rings. The van der Waals surface area contributed by atoms with Crippen LogP contribution in [0.4, 0.5) is 4.39 Å². The van der Waals surface area contributed by atoms with Crippen LogP contribution in [0.15, 0.2) is 48.1 Å². The number of primary sulfonamides is 1. The van der Waals surface area contributed by atoms with Gasteiger partial charge in [0.1, 0.15) is 12.4 Å². The standard InChI is InChI=1S/C18H20FN3O4S/c1-12(27(20,23)24)16-3-2-8-25-17(16)11-26-15-6-4-13(5-7-15)18-21-9-14(19)10-22-18/h4-7,9-10,16-17H,1-3,8,11H2,(H2,20,23,24)/t16?,17-/m1/s1. The zero-order valence-corrected chi connectivity index (χ0v) is 15.4. The number of nitrogens with zero attached hydrogens (tertiary/aromatic N) is 2. The predicted molar refractivity (Wildman–Crippen MR) is 97.6 cm³/mol. The van der Waals surface area contributed by atoms with Gasteiger partial charge in [-0.05, 0) is 37.1 Å². The van der Waals surface area contributed by atoms with Crippen molar-refractivity contribution in [2.45, 2.75) is 18.9 Å². The topological polar surface area (TPSA) is 104 Å². The van der Waals surface area contributed by atoms with Gasteiger partial charge >= 0.3 is 0 Å². The van der Waals surface area contributed by atoms with Gasteiger partial charge in [0, 0.05) is 18.1 Å². The molecule has 1 saturated heterocycles. The SMILES string of the molecule is C=C(C1CCCO[C@@H]1COc1ccc(-c2ncc(F)cn2)cc1)S(N)(=O)=O. The Morgan fingerprint density at radius 1 is 1.30 bits per heavy atom.